The van der Waals surface area contributed by atoms with E-state index < -0.39 is 96.3 Å². The Morgan fingerprint density at radius 3 is 2.40 bits per heavy atom. The van der Waals surface area contributed by atoms with Gasteiger partial charge in [-0.25, -0.2) is 24.0 Å². The van der Waals surface area contributed by atoms with Gasteiger partial charge in [-0.2, -0.15) is 0 Å². The lowest BCUT2D eigenvalue weighted by molar-refractivity contribution is -0.162. The Morgan fingerprint density at radius 2 is 1.70 bits per heavy atom. The van der Waals surface area contributed by atoms with E-state index in [0.717, 1.165) is 48.1 Å². The number of amides is 6. The van der Waals surface area contributed by atoms with Crippen molar-refractivity contribution in [3.63, 3.8) is 0 Å². The molecule has 2 aromatic carbocycles. The standard InChI is InChI=1S/C61H84ClN7O17/c1-12-43(70)35-63-44-30-40(23-24-46(44)83-56(74)64-42-20-16-14-13-15-17-21-42)36-82-59(77)67(7)27-26-66(6)58(76)81-28-25-51(71)68(8)39(4)55(73)85-50-33-52(72)69(9)45-31-41(32-47(79-10)53(45)62)29-37(2)19-18-22-49(80-11)61(78)34-48(84-57(75)65-61)38(3)54-60(50,5)86-54/h16,18-20,22-24,30-32,38-39,42,48-50,54,63,78H,12-15,17,21,25-29,33-36H2,1-11H3,(H,64,74)(H,65,75)/b20-16+,22-18+,37-19+/t38-,39+,42?,48+,49-,50+,54+,60+,61+/m1/s1. The van der Waals surface area contributed by atoms with Gasteiger partial charge in [0.2, 0.25) is 11.8 Å². The summed E-state index contributed by atoms with van der Waals surface area (Å²) in [6, 6.07) is 6.94. The number of benzene rings is 2. The van der Waals surface area contributed by atoms with Crippen LogP contribution in [0.1, 0.15) is 104 Å². The number of aliphatic hydroxyl groups is 1. The molecule has 24 nitrogen and oxygen atoms in total. The summed E-state index contributed by atoms with van der Waals surface area (Å²) in [6.07, 6.45) is 6.94. The molecule has 86 heavy (non-hydrogen) atoms. The largest absolute Gasteiger partial charge is 0.495 e. The van der Waals surface area contributed by atoms with E-state index in [1.165, 1.54) is 64.0 Å². The zero-order chi connectivity index (χ0) is 63.0. The maximum atomic E-state index is 14.4. The number of esters is 1. The van der Waals surface area contributed by atoms with Crippen molar-refractivity contribution >= 4 is 70.9 Å². The van der Waals surface area contributed by atoms with E-state index in [9.17, 15) is 43.5 Å². The van der Waals surface area contributed by atoms with Gasteiger partial charge in [-0.1, -0.05) is 80.3 Å². The summed E-state index contributed by atoms with van der Waals surface area (Å²) in [5, 5.41) is 20.5. The normalized spacial score (nSPS) is 25.7. The molecule has 4 aliphatic rings. The number of alkyl carbamates (subject to hydrolysis) is 1. The molecule has 4 bridgehead atoms. The highest BCUT2D eigenvalue weighted by Crippen LogP contribution is 2.49. The monoisotopic (exact) mass is 1220 g/mol. The van der Waals surface area contributed by atoms with Gasteiger partial charge in [0, 0.05) is 67.1 Å². The third-order valence-corrected chi connectivity index (χ3v) is 16.4. The number of anilines is 2. The fraction of sp³-hybridized carbons (Fsp3) is 0.574. The molecule has 2 saturated heterocycles. The minimum Gasteiger partial charge on any atom is -0.495 e. The van der Waals surface area contributed by atoms with Crippen molar-refractivity contribution < 1.29 is 81.4 Å². The molecule has 1 aliphatic carbocycles. The van der Waals surface area contributed by atoms with Crippen LogP contribution in [-0.2, 0) is 60.6 Å². The van der Waals surface area contributed by atoms with Crippen LogP contribution in [0.5, 0.6) is 11.5 Å². The molecule has 0 radical (unpaired) electrons. The van der Waals surface area contributed by atoms with Crippen LogP contribution in [0.25, 0.3) is 0 Å². The highest BCUT2D eigenvalue weighted by atomic mass is 35.5. The Morgan fingerprint density at radius 1 is 0.977 bits per heavy atom. The van der Waals surface area contributed by atoms with Crippen LogP contribution in [0.3, 0.4) is 0 Å². The van der Waals surface area contributed by atoms with Crippen LogP contribution in [0.15, 0.2) is 66.3 Å². The Balaban J connectivity index is 1.03. The van der Waals surface area contributed by atoms with E-state index in [1.54, 1.807) is 63.3 Å². The number of carbonyl (C=O) groups is 8. The number of fused-ring (bicyclic) bond motifs is 5. The van der Waals surface area contributed by atoms with Crippen molar-refractivity contribution in [2.45, 2.75) is 153 Å². The summed E-state index contributed by atoms with van der Waals surface area (Å²) in [7, 11) is 8.71. The zero-order valence-corrected chi connectivity index (χ0v) is 51.8. The minimum absolute atomic E-state index is 0.0106. The van der Waals surface area contributed by atoms with Crippen molar-refractivity contribution in [1.82, 2.24) is 25.3 Å². The molecule has 25 heteroatoms. The van der Waals surface area contributed by atoms with E-state index in [0.29, 0.717) is 35.5 Å². The highest BCUT2D eigenvalue weighted by Gasteiger charge is 2.64. The van der Waals surface area contributed by atoms with Crippen molar-refractivity contribution in [1.29, 1.82) is 0 Å². The van der Waals surface area contributed by atoms with Gasteiger partial charge in [0.05, 0.1) is 50.0 Å². The molecule has 2 aromatic rings. The van der Waals surface area contributed by atoms with Gasteiger partial charge in [-0.3, -0.25) is 19.7 Å². The van der Waals surface area contributed by atoms with E-state index >= 15 is 0 Å². The molecule has 0 aromatic heterocycles. The van der Waals surface area contributed by atoms with Crippen molar-refractivity contribution in [2.24, 2.45) is 5.92 Å². The Kier molecular flexibility index (Phi) is 24.2. The van der Waals surface area contributed by atoms with Gasteiger partial charge >= 0.3 is 30.3 Å². The van der Waals surface area contributed by atoms with Crippen molar-refractivity contribution in [2.75, 3.05) is 78.9 Å². The number of hydrogen-bond donors (Lipinski definition) is 4. The van der Waals surface area contributed by atoms with Crippen LogP contribution in [0.2, 0.25) is 5.02 Å². The number of carbonyl (C=O) groups excluding carboxylic acids is 8. The van der Waals surface area contributed by atoms with Crippen molar-refractivity contribution in [3.8, 4) is 11.5 Å². The quantitative estimate of drug-likeness (QED) is 0.0455. The zero-order valence-electron chi connectivity index (χ0n) is 51.1. The second-order valence-electron chi connectivity index (χ2n) is 22.4. The Bertz CT molecular complexity index is 2890. The van der Waals surface area contributed by atoms with Gasteiger partial charge in [-0.15, -0.1) is 0 Å². The maximum absolute atomic E-state index is 14.4. The molecule has 6 rings (SSSR count). The van der Waals surface area contributed by atoms with Crippen LogP contribution in [-0.4, -0.2) is 184 Å². The van der Waals surface area contributed by atoms with Gasteiger partial charge < -0.3 is 73.2 Å². The van der Waals surface area contributed by atoms with Gasteiger partial charge in [0.25, 0.3) is 0 Å². The van der Waals surface area contributed by atoms with Gasteiger partial charge in [-0.05, 0) is 81.8 Å². The first kappa shape index (κ1) is 67.7. The number of nitrogens with zero attached hydrogens (tertiary/aromatic N) is 4. The Hall–Kier alpha value is -7.41. The lowest BCUT2D eigenvalue weighted by atomic mass is 9.83. The topological polar surface area (TPSA) is 283 Å². The third-order valence-electron chi connectivity index (χ3n) is 16.0. The first-order valence-corrected chi connectivity index (χ1v) is 29.3. The average molecular weight is 1220 g/mol. The molecule has 9 atom stereocenters. The number of epoxide rings is 1. The van der Waals surface area contributed by atoms with Crippen LogP contribution < -0.4 is 30.3 Å². The number of rotatable bonds is 19. The number of halogens is 1. The number of Topliss-reactive ketones (excluding diaryl/α,β-unsaturated/α-hetero) is 1. The van der Waals surface area contributed by atoms with Gasteiger partial charge in [0.1, 0.15) is 53.9 Å². The molecule has 6 amide bonds. The summed E-state index contributed by atoms with van der Waals surface area (Å²) in [4.78, 5) is 111. The second-order valence-corrected chi connectivity index (χ2v) is 22.8. The third kappa shape index (κ3) is 18.1. The Labute approximate surface area is 507 Å². The highest BCUT2D eigenvalue weighted by molar-refractivity contribution is 6.35. The first-order chi connectivity index (χ1) is 40.8. The summed E-state index contributed by atoms with van der Waals surface area (Å²) >= 11 is 6.83. The molecule has 472 valence electrons. The summed E-state index contributed by atoms with van der Waals surface area (Å²) in [5.41, 5.74) is -0.381. The molecule has 2 fully saturated rings. The smallest absolute Gasteiger partial charge is 0.413 e. The molecule has 1 unspecified atom stereocenters. The molecule has 0 spiro atoms. The van der Waals surface area contributed by atoms with Gasteiger partial charge in [0.15, 0.2) is 17.3 Å². The summed E-state index contributed by atoms with van der Waals surface area (Å²) in [5.74, 6) is -2.16. The molecule has 3 heterocycles. The lowest BCUT2D eigenvalue weighted by Gasteiger charge is -2.42. The van der Waals surface area contributed by atoms with E-state index in [-0.39, 0.29) is 68.3 Å². The summed E-state index contributed by atoms with van der Waals surface area (Å²) in [6.45, 7) is 8.01. The number of ether oxygens (including phenoxy) is 8. The fourth-order valence-electron chi connectivity index (χ4n) is 10.2. The predicted octanol–water partition coefficient (Wildman–Crippen LogP) is 7.61. The number of allylic oxidation sites excluding steroid dienone is 4. The predicted molar refractivity (Wildman–Crippen MR) is 318 cm³/mol. The molecular formula is C61H84ClN7O17. The number of ketones is 1. The minimum atomic E-state index is -1.90. The average Bonchev–Trinajstić information content (AvgIpc) is 1.62. The van der Waals surface area contributed by atoms with E-state index in [4.69, 9.17) is 49.5 Å². The first-order valence-electron chi connectivity index (χ1n) is 28.9. The molecule has 4 N–H and O–H groups in total. The molecular weight excluding hydrogens is 1140 g/mol. The number of methoxy groups -OCH3 is 2. The maximum Gasteiger partial charge on any atom is 0.413 e. The second kappa shape index (κ2) is 30.8. The van der Waals surface area contributed by atoms with E-state index in [2.05, 4.69) is 22.0 Å². The summed E-state index contributed by atoms with van der Waals surface area (Å²) < 4.78 is 46.0. The van der Waals surface area contributed by atoms with Crippen LogP contribution in [0.4, 0.5) is 30.6 Å². The number of nitrogens with one attached hydrogen (secondary N) is 3. The van der Waals surface area contributed by atoms with Crippen molar-refractivity contribution in [3.05, 3.63) is 82.4 Å². The lowest BCUT2D eigenvalue weighted by Crippen LogP contribution is -2.63. The fourth-order valence-corrected chi connectivity index (χ4v) is 10.6. The number of likely N-dealkylation sites (N-methyl/N-ethyl adjacent to an activating group) is 3. The molecule has 3 aliphatic heterocycles. The van der Waals surface area contributed by atoms with E-state index in [1.807, 2.05) is 19.1 Å². The van der Waals surface area contributed by atoms with Crippen LogP contribution in [0, 0.1) is 5.92 Å². The molecule has 0 saturated carbocycles. The number of hydrogen-bond acceptors (Lipinski definition) is 18. The SMILES string of the molecule is CCC(=O)CNc1cc(COC(=O)N(C)CCN(C)C(=O)OCCC(=O)N(C)[C@@H](C)C(=O)O[C@H]2CC(=O)N(C)c3cc(cc(OC)c3Cl)C/C(C)=C/C=C/[C@@H](OC)[C@@]3(O)C[C@H](OC(=O)N3)[C@@H](C)[C@@H]3O[C@@]23C)ccc1OC(=O)NC1/C=C/CCCCC1. The van der Waals surface area contributed by atoms with Crippen LogP contribution >= 0.6 is 11.6 Å².